The van der Waals surface area contributed by atoms with E-state index in [0.29, 0.717) is 12.5 Å². The van der Waals surface area contributed by atoms with Gasteiger partial charge in [-0.05, 0) is 68.7 Å². The van der Waals surface area contributed by atoms with Crippen molar-refractivity contribution in [3.63, 3.8) is 0 Å². The quantitative estimate of drug-likeness (QED) is 0.903. The summed E-state index contributed by atoms with van der Waals surface area (Å²) in [6.07, 6.45) is 5.21. The van der Waals surface area contributed by atoms with Crippen LogP contribution in [0.1, 0.15) is 32.6 Å². The molecule has 2 saturated carbocycles. The summed E-state index contributed by atoms with van der Waals surface area (Å²) in [5, 5.41) is 0. The number of likely N-dealkylation sites (N-methyl/N-ethyl adjacent to an activating group) is 1. The van der Waals surface area contributed by atoms with Crippen LogP contribution in [0.15, 0.2) is 24.3 Å². The third kappa shape index (κ3) is 1.95. The molecule has 0 spiro atoms. The number of hydrogen-bond acceptors (Lipinski definition) is 2. The van der Waals surface area contributed by atoms with Gasteiger partial charge in [-0.2, -0.15) is 0 Å². The first-order valence-corrected chi connectivity index (χ1v) is 7.43. The van der Waals surface area contributed by atoms with Crippen LogP contribution in [0.25, 0.3) is 0 Å². The lowest BCUT2D eigenvalue weighted by atomic mass is 9.79. The van der Waals surface area contributed by atoms with Gasteiger partial charge in [-0.15, -0.1) is 0 Å². The maximum atomic E-state index is 13.1. The highest BCUT2D eigenvalue weighted by molar-refractivity contribution is 5.50. The summed E-state index contributed by atoms with van der Waals surface area (Å²) in [4.78, 5) is 2.43. The minimum absolute atomic E-state index is 0.107. The second-order valence-electron chi connectivity index (χ2n) is 6.11. The Balaban J connectivity index is 1.94. The molecule has 0 heterocycles. The Morgan fingerprint density at radius 2 is 2.05 bits per heavy atom. The summed E-state index contributed by atoms with van der Waals surface area (Å²) in [6.45, 7) is 3.82. The van der Waals surface area contributed by atoms with Gasteiger partial charge in [-0.3, -0.25) is 0 Å². The first kappa shape index (κ1) is 12.9. The van der Waals surface area contributed by atoms with E-state index in [1.54, 1.807) is 12.1 Å². The molecule has 19 heavy (non-hydrogen) atoms. The van der Waals surface area contributed by atoms with Gasteiger partial charge in [0.15, 0.2) is 0 Å². The molecule has 3 atom stereocenters. The van der Waals surface area contributed by atoms with Crippen molar-refractivity contribution in [1.29, 1.82) is 0 Å². The Morgan fingerprint density at radius 1 is 1.32 bits per heavy atom. The molecular formula is C16H23FN2. The number of anilines is 1. The van der Waals surface area contributed by atoms with Gasteiger partial charge in [0, 0.05) is 18.8 Å². The molecule has 1 aromatic carbocycles. The second kappa shape index (κ2) is 4.78. The summed E-state index contributed by atoms with van der Waals surface area (Å²) < 4.78 is 13.1. The number of rotatable bonds is 4. The molecule has 3 rings (SSSR count). The summed E-state index contributed by atoms with van der Waals surface area (Å²) in [5.41, 5.74) is 7.40. The highest BCUT2D eigenvalue weighted by Gasteiger charge is 2.53. The lowest BCUT2D eigenvalue weighted by Crippen LogP contribution is -2.57. The van der Waals surface area contributed by atoms with Gasteiger partial charge in [-0.1, -0.05) is 0 Å². The number of hydrogen-bond donors (Lipinski definition) is 1. The van der Waals surface area contributed by atoms with Gasteiger partial charge in [0.05, 0.1) is 5.54 Å². The lowest BCUT2D eigenvalue weighted by molar-refractivity contribution is 0.260. The molecule has 0 aromatic heterocycles. The predicted octanol–water partition coefficient (Wildman–Crippen LogP) is 3.17. The fourth-order valence-electron chi connectivity index (χ4n) is 4.48. The van der Waals surface area contributed by atoms with E-state index < -0.39 is 0 Å². The van der Waals surface area contributed by atoms with E-state index in [4.69, 9.17) is 5.73 Å². The molecule has 1 aromatic rings. The Hall–Kier alpha value is -1.09. The molecule has 0 radical (unpaired) electrons. The van der Waals surface area contributed by atoms with Crippen molar-refractivity contribution in [1.82, 2.24) is 0 Å². The van der Waals surface area contributed by atoms with Gasteiger partial charge in [0.2, 0.25) is 0 Å². The number of halogens is 1. The van der Waals surface area contributed by atoms with Gasteiger partial charge in [0.1, 0.15) is 5.82 Å². The maximum Gasteiger partial charge on any atom is 0.123 e. The van der Waals surface area contributed by atoms with Crippen LogP contribution in [-0.4, -0.2) is 18.6 Å². The molecule has 0 amide bonds. The zero-order valence-electron chi connectivity index (χ0n) is 11.6. The molecule has 0 aliphatic heterocycles. The smallest absolute Gasteiger partial charge is 0.123 e. The predicted molar refractivity (Wildman–Crippen MR) is 76.7 cm³/mol. The molecule has 2 bridgehead atoms. The number of fused-ring (bicyclic) bond motifs is 2. The fourth-order valence-corrected chi connectivity index (χ4v) is 4.48. The minimum atomic E-state index is -0.172. The minimum Gasteiger partial charge on any atom is -0.365 e. The normalized spacial score (nSPS) is 32.8. The standard InChI is InChI=1S/C16H23FN2/c1-2-19(15-7-5-14(17)6-8-15)16(11-18)10-12-3-4-13(16)9-12/h5-8,12-13H,2-4,9-11,18H2,1H3. The van der Waals surface area contributed by atoms with Crippen molar-refractivity contribution in [2.24, 2.45) is 17.6 Å². The molecule has 0 saturated heterocycles. The van der Waals surface area contributed by atoms with Crippen LogP contribution in [-0.2, 0) is 0 Å². The van der Waals surface area contributed by atoms with Gasteiger partial charge < -0.3 is 10.6 Å². The van der Waals surface area contributed by atoms with Crippen LogP contribution in [0, 0.1) is 17.7 Å². The number of nitrogens with two attached hydrogens (primary N) is 1. The van der Waals surface area contributed by atoms with Crippen LogP contribution in [0.2, 0.25) is 0 Å². The van der Waals surface area contributed by atoms with Crippen molar-refractivity contribution in [2.45, 2.75) is 38.1 Å². The third-order valence-corrected chi connectivity index (χ3v) is 5.29. The largest absolute Gasteiger partial charge is 0.365 e. The third-order valence-electron chi connectivity index (χ3n) is 5.29. The van der Waals surface area contributed by atoms with E-state index in [9.17, 15) is 4.39 Å². The van der Waals surface area contributed by atoms with Crippen LogP contribution < -0.4 is 10.6 Å². The van der Waals surface area contributed by atoms with Crippen LogP contribution in [0.5, 0.6) is 0 Å². The first-order valence-electron chi connectivity index (χ1n) is 7.43. The highest BCUT2D eigenvalue weighted by Crippen LogP contribution is 2.53. The summed E-state index contributed by atoms with van der Waals surface area (Å²) in [7, 11) is 0. The summed E-state index contributed by atoms with van der Waals surface area (Å²) >= 11 is 0. The number of benzene rings is 1. The van der Waals surface area contributed by atoms with Crippen molar-refractivity contribution in [2.75, 3.05) is 18.0 Å². The first-order chi connectivity index (χ1) is 9.19. The van der Waals surface area contributed by atoms with E-state index in [2.05, 4.69) is 11.8 Å². The van der Waals surface area contributed by atoms with Gasteiger partial charge >= 0.3 is 0 Å². The zero-order chi connectivity index (χ0) is 13.5. The molecule has 104 valence electrons. The maximum absolute atomic E-state index is 13.1. The Bertz CT molecular complexity index is 445. The topological polar surface area (TPSA) is 29.3 Å². The SMILES string of the molecule is CCN(c1ccc(F)cc1)C1(CN)CC2CCC1C2. The molecule has 2 nitrogen and oxygen atoms in total. The molecule has 3 heteroatoms. The van der Waals surface area contributed by atoms with E-state index in [1.807, 2.05) is 12.1 Å². The average Bonchev–Trinajstić information content (AvgIpc) is 3.03. The second-order valence-corrected chi connectivity index (χ2v) is 6.11. The number of nitrogens with zero attached hydrogens (tertiary/aromatic N) is 1. The van der Waals surface area contributed by atoms with Crippen LogP contribution >= 0.6 is 0 Å². The Kier molecular flexibility index (Phi) is 3.25. The molecule has 2 aliphatic carbocycles. The molecule has 2 N–H and O–H groups in total. The fraction of sp³-hybridized carbons (Fsp3) is 0.625. The van der Waals surface area contributed by atoms with Crippen molar-refractivity contribution in [3.05, 3.63) is 30.1 Å². The van der Waals surface area contributed by atoms with E-state index in [-0.39, 0.29) is 11.4 Å². The van der Waals surface area contributed by atoms with Crippen LogP contribution in [0.4, 0.5) is 10.1 Å². The van der Waals surface area contributed by atoms with Crippen molar-refractivity contribution >= 4 is 5.69 Å². The van der Waals surface area contributed by atoms with Crippen molar-refractivity contribution in [3.8, 4) is 0 Å². The van der Waals surface area contributed by atoms with E-state index in [1.165, 1.54) is 25.7 Å². The van der Waals surface area contributed by atoms with E-state index in [0.717, 1.165) is 18.2 Å². The van der Waals surface area contributed by atoms with Crippen molar-refractivity contribution < 1.29 is 4.39 Å². The molecular weight excluding hydrogens is 239 g/mol. The Morgan fingerprint density at radius 3 is 2.53 bits per heavy atom. The van der Waals surface area contributed by atoms with E-state index >= 15 is 0 Å². The van der Waals surface area contributed by atoms with Gasteiger partial charge in [-0.25, -0.2) is 4.39 Å². The Labute approximate surface area is 114 Å². The summed E-state index contributed by atoms with van der Waals surface area (Å²) in [5.74, 6) is 1.39. The molecule has 2 fully saturated rings. The monoisotopic (exact) mass is 262 g/mol. The average molecular weight is 262 g/mol. The zero-order valence-corrected chi connectivity index (χ0v) is 11.6. The highest BCUT2D eigenvalue weighted by atomic mass is 19.1. The van der Waals surface area contributed by atoms with Gasteiger partial charge in [0.25, 0.3) is 0 Å². The molecule has 3 unspecified atom stereocenters. The summed E-state index contributed by atoms with van der Waals surface area (Å²) in [6, 6.07) is 6.88. The van der Waals surface area contributed by atoms with Crippen LogP contribution in [0.3, 0.4) is 0 Å². The lowest BCUT2D eigenvalue weighted by Gasteiger charge is -2.47. The molecule has 2 aliphatic rings.